The van der Waals surface area contributed by atoms with Crippen molar-refractivity contribution in [2.45, 2.75) is 101 Å². The number of carbonyl (C=O) groups is 1. The minimum atomic E-state index is -3.14. The van der Waals surface area contributed by atoms with E-state index in [1.54, 1.807) is 6.07 Å². The van der Waals surface area contributed by atoms with E-state index in [4.69, 9.17) is 15.9 Å². The molecule has 41 heavy (non-hydrogen) atoms. The predicted octanol–water partition coefficient (Wildman–Crippen LogP) is 6.36. The number of amides is 1. The molecule has 0 aromatic heterocycles. The highest BCUT2D eigenvalue weighted by Gasteiger charge is 2.50. The fourth-order valence-electron chi connectivity index (χ4n) is 6.37. The van der Waals surface area contributed by atoms with Crippen molar-refractivity contribution >= 4 is 17.8 Å². The zero-order chi connectivity index (χ0) is 29.3. The molecule has 6 nitrogen and oxygen atoms in total. The largest absolute Gasteiger partial charge is 0.398 e. The van der Waals surface area contributed by atoms with Gasteiger partial charge in [-0.15, -0.1) is 0 Å². The van der Waals surface area contributed by atoms with Gasteiger partial charge in [0.15, 0.2) is 0 Å². The van der Waals surface area contributed by atoms with Crippen molar-refractivity contribution in [3.05, 3.63) is 53.1 Å². The summed E-state index contributed by atoms with van der Waals surface area (Å²) in [6.45, 7) is 4.89. The summed E-state index contributed by atoms with van der Waals surface area (Å²) in [5, 5.41) is 10.3. The number of piperidine rings is 1. The first-order valence-electron chi connectivity index (χ1n) is 14.8. The third-order valence-corrected chi connectivity index (χ3v) is 8.82. The average molecular weight is 575 g/mol. The van der Waals surface area contributed by atoms with Crippen LogP contribution in [0.3, 0.4) is 0 Å². The van der Waals surface area contributed by atoms with E-state index in [1.165, 1.54) is 6.21 Å². The van der Waals surface area contributed by atoms with Gasteiger partial charge in [-0.2, -0.15) is 0 Å². The molecule has 2 aromatic carbocycles. The fourth-order valence-corrected chi connectivity index (χ4v) is 6.37. The Morgan fingerprint density at radius 1 is 1.22 bits per heavy atom. The predicted molar refractivity (Wildman–Crippen MR) is 160 cm³/mol. The summed E-state index contributed by atoms with van der Waals surface area (Å²) in [4.78, 5) is 15.4. The monoisotopic (exact) mass is 574 g/mol. The highest BCUT2D eigenvalue weighted by atomic mass is 19.3. The van der Waals surface area contributed by atoms with Crippen LogP contribution in [0.1, 0.15) is 77.8 Å². The maximum Gasteiger partial charge on any atom is 0.270 e. The van der Waals surface area contributed by atoms with E-state index in [1.807, 2.05) is 49.1 Å². The van der Waals surface area contributed by atoms with Crippen molar-refractivity contribution in [2.75, 3.05) is 18.8 Å². The lowest BCUT2D eigenvalue weighted by Crippen LogP contribution is -2.59. The van der Waals surface area contributed by atoms with Gasteiger partial charge in [0, 0.05) is 45.9 Å². The molecule has 1 aliphatic heterocycles. The number of hydrogen-bond donors (Lipinski definition) is 3. The van der Waals surface area contributed by atoms with Crippen LogP contribution in [-0.2, 0) is 16.0 Å². The molecule has 0 unspecified atom stereocenters. The number of benzene rings is 2. The van der Waals surface area contributed by atoms with Crippen LogP contribution in [0.5, 0.6) is 0 Å². The van der Waals surface area contributed by atoms with Gasteiger partial charge < -0.3 is 21.2 Å². The van der Waals surface area contributed by atoms with Crippen molar-refractivity contribution in [1.29, 1.82) is 5.41 Å². The topological polar surface area (TPSA) is 91.4 Å². The highest BCUT2D eigenvalue weighted by Crippen LogP contribution is 2.46. The summed E-state index contributed by atoms with van der Waals surface area (Å²) in [6.07, 6.45) is 0.923. The molecule has 9 heteroatoms. The lowest BCUT2D eigenvalue weighted by atomic mass is 9.87. The number of hydrogen-bond acceptors (Lipinski definition) is 5. The van der Waals surface area contributed by atoms with Crippen molar-refractivity contribution in [3.63, 3.8) is 0 Å². The number of likely N-dealkylation sites (tertiary alicyclic amines) is 1. The van der Waals surface area contributed by atoms with Crippen LogP contribution in [-0.4, -0.2) is 66.5 Å². The number of nitrogens with zero attached hydrogens (tertiary/aromatic N) is 1. The van der Waals surface area contributed by atoms with Crippen LogP contribution in [0.2, 0.25) is 0 Å². The third kappa shape index (κ3) is 6.61. The van der Waals surface area contributed by atoms with E-state index in [0.717, 1.165) is 35.1 Å². The van der Waals surface area contributed by atoms with E-state index in [2.05, 4.69) is 5.32 Å². The zero-order valence-electron chi connectivity index (χ0n) is 23.8. The number of rotatable bonds is 9. The molecule has 3 fully saturated rings. The lowest BCUT2D eigenvalue weighted by Gasteiger charge is -2.42. The summed E-state index contributed by atoms with van der Waals surface area (Å²) >= 11 is 0. The molecule has 4 N–H and O–H groups in total. The van der Waals surface area contributed by atoms with E-state index in [9.17, 15) is 9.18 Å². The van der Waals surface area contributed by atoms with Crippen LogP contribution < -0.4 is 11.1 Å². The van der Waals surface area contributed by atoms with Crippen LogP contribution in [0.15, 0.2) is 36.4 Å². The lowest BCUT2D eigenvalue weighted by molar-refractivity contribution is -0.166. The van der Waals surface area contributed by atoms with Crippen molar-refractivity contribution < 1.29 is 25.6 Å². The smallest absolute Gasteiger partial charge is 0.270 e. The summed E-state index contributed by atoms with van der Waals surface area (Å²) in [6, 6.07) is 9.99. The van der Waals surface area contributed by atoms with E-state index in [-0.39, 0.29) is 34.7 Å². The molecular weight excluding hydrogens is 529 g/mol. The van der Waals surface area contributed by atoms with E-state index in [0.29, 0.717) is 36.6 Å². The quantitative estimate of drug-likeness (QED) is 0.240. The molecule has 0 spiro atoms. The van der Waals surface area contributed by atoms with Gasteiger partial charge in [0.25, 0.3) is 5.92 Å². The molecule has 1 heterocycles. The Morgan fingerprint density at radius 2 is 2.00 bits per heavy atom. The van der Waals surface area contributed by atoms with E-state index >= 15 is 8.78 Å². The standard InChI is InChI=1S/C32H41F3N4O2.2H2/c1-19(2)39-14-12-27(25(33)18-39)41-28-7-4-13-32(34,35)31(28)38-29(40)16-22-5-3-6-24(30(22)20-8-9-20)21-10-11-26(37)23(15-21)17-36;;/h3,5-6,10-11,15,17,19-20,25,27-28,31,36H,4,7-9,12-14,16,18,37H2,1-2H3,(H,38,40);2*1H/t25-,27+,28+,31-;;/m1../s1. The highest BCUT2D eigenvalue weighted by molar-refractivity contribution is 5.88. The van der Waals surface area contributed by atoms with Crippen molar-refractivity contribution in [3.8, 4) is 11.1 Å². The zero-order valence-corrected chi connectivity index (χ0v) is 23.8. The molecule has 1 saturated heterocycles. The first-order chi connectivity index (χ1) is 19.6. The Hall–Kier alpha value is -2.91. The summed E-state index contributed by atoms with van der Waals surface area (Å²) in [7, 11) is 0. The normalized spacial score (nSPS) is 26.6. The number of alkyl halides is 3. The van der Waals surface area contributed by atoms with Gasteiger partial charge in [0.05, 0.1) is 18.6 Å². The van der Waals surface area contributed by atoms with Gasteiger partial charge in [0.1, 0.15) is 12.2 Å². The average Bonchev–Trinajstić information content (AvgIpc) is 3.77. The van der Waals surface area contributed by atoms with Gasteiger partial charge in [-0.25, -0.2) is 13.2 Å². The van der Waals surface area contributed by atoms with Gasteiger partial charge in [-0.05, 0) is 86.3 Å². The van der Waals surface area contributed by atoms with Gasteiger partial charge >= 0.3 is 0 Å². The van der Waals surface area contributed by atoms with Crippen LogP contribution in [0.4, 0.5) is 18.9 Å². The van der Waals surface area contributed by atoms with Gasteiger partial charge in [-0.3, -0.25) is 9.69 Å². The first kappa shape index (κ1) is 29.6. The number of nitrogens with one attached hydrogen (secondary N) is 2. The Bertz CT molecular complexity index is 1280. The van der Waals surface area contributed by atoms with Crippen LogP contribution >= 0.6 is 0 Å². The number of halogens is 3. The third-order valence-electron chi connectivity index (χ3n) is 8.82. The molecule has 2 aliphatic carbocycles. The number of nitrogens with two attached hydrogens (primary N) is 1. The fraction of sp³-hybridized carbons (Fsp3) is 0.562. The molecule has 4 atom stereocenters. The molecule has 0 bridgehead atoms. The van der Waals surface area contributed by atoms with Gasteiger partial charge in [-0.1, -0.05) is 24.3 Å². The Labute approximate surface area is 243 Å². The van der Waals surface area contributed by atoms with E-state index < -0.39 is 36.3 Å². The molecule has 1 amide bonds. The second-order valence-electron chi connectivity index (χ2n) is 12.1. The Morgan fingerprint density at radius 3 is 2.68 bits per heavy atom. The minimum absolute atomic E-state index is 0. The SMILES string of the molecule is CC(C)N1CC[C@H](O[C@H]2CCCC(F)(F)[C@@H]2NC(=O)Cc2cccc(-c3ccc(N)c(C=N)c3)c2C2CC2)[C@H](F)C1.[HH].[HH]. The molecule has 2 saturated carbocycles. The van der Waals surface area contributed by atoms with Crippen molar-refractivity contribution in [1.82, 2.24) is 10.2 Å². The molecule has 3 aliphatic rings. The van der Waals surface area contributed by atoms with Crippen LogP contribution in [0, 0.1) is 5.41 Å². The molecule has 0 radical (unpaired) electrons. The molecule has 5 rings (SSSR count). The second-order valence-corrected chi connectivity index (χ2v) is 12.1. The summed E-state index contributed by atoms with van der Waals surface area (Å²) in [5.41, 5.74) is 10.8. The summed E-state index contributed by atoms with van der Waals surface area (Å²) < 4.78 is 51.5. The number of ether oxygens (including phenoxy) is 1. The first-order valence-corrected chi connectivity index (χ1v) is 14.8. The Balaban J connectivity index is 0.00000253. The maximum atomic E-state index is 15.2. The van der Waals surface area contributed by atoms with Crippen LogP contribution in [0.25, 0.3) is 11.1 Å². The molecule has 2 aromatic rings. The minimum Gasteiger partial charge on any atom is -0.398 e. The number of anilines is 1. The molecule has 226 valence electrons. The number of carbonyl (C=O) groups excluding carboxylic acids is 1. The van der Waals surface area contributed by atoms with Gasteiger partial charge in [0.2, 0.25) is 5.91 Å². The second kappa shape index (κ2) is 12.1. The molecular formula is C32H45F3N4O2. The number of nitrogen functional groups attached to an aromatic ring is 1. The maximum absolute atomic E-state index is 15.2. The van der Waals surface area contributed by atoms with Crippen molar-refractivity contribution in [2.24, 2.45) is 0 Å². The summed E-state index contributed by atoms with van der Waals surface area (Å²) in [5.74, 6) is -3.34. The Kier molecular flexibility index (Phi) is 8.76.